The van der Waals surface area contributed by atoms with Crippen LogP contribution in [-0.4, -0.2) is 50.7 Å². The molecule has 0 aliphatic carbocycles. The van der Waals surface area contributed by atoms with E-state index in [4.69, 9.17) is 9.47 Å². The second-order valence-electron chi connectivity index (χ2n) is 13.6. The van der Waals surface area contributed by atoms with Crippen LogP contribution >= 0.6 is 0 Å². The monoisotopic (exact) mass is 660 g/mol. The SMILES string of the molecule is CCCCC/C=C\C/C=C\CCCCCCCCOC(=O)C(CCN(C)C)C(=O)OCCCCCCCC/C=C\CCCCCCC. The quantitative estimate of drug-likeness (QED) is 0.0293. The second kappa shape index (κ2) is 36.9. The van der Waals surface area contributed by atoms with Crippen LogP contribution in [0.1, 0.15) is 181 Å². The summed E-state index contributed by atoms with van der Waals surface area (Å²) in [5.74, 6) is -1.68. The number of hydrogen-bond acceptors (Lipinski definition) is 5. The van der Waals surface area contributed by atoms with Gasteiger partial charge < -0.3 is 14.4 Å². The summed E-state index contributed by atoms with van der Waals surface area (Å²) in [5.41, 5.74) is 0. The summed E-state index contributed by atoms with van der Waals surface area (Å²) in [5, 5.41) is 0. The Morgan fingerprint density at radius 3 is 1.26 bits per heavy atom. The van der Waals surface area contributed by atoms with Gasteiger partial charge in [-0.25, -0.2) is 0 Å². The minimum Gasteiger partial charge on any atom is -0.465 e. The number of unbranched alkanes of at least 4 members (excludes halogenated alkanes) is 20. The topological polar surface area (TPSA) is 55.8 Å². The fourth-order valence-corrected chi connectivity index (χ4v) is 5.53. The van der Waals surface area contributed by atoms with Gasteiger partial charge in [0.05, 0.1) is 13.2 Å². The molecule has 0 aliphatic rings. The number of carbonyl (C=O) groups is 2. The summed E-state index contributed by atoms with van der Waals surface area (Å²) in [4.78, 5) is 27.5. The molecule has 0 saturated carbocycles. The average Bonchev–Trinajstić information content (AvgIpc) is 3.05. The van der Waals surface area contributed by atoms with Crippen molar-refractivity contribution >= 4 is 11.9 Å². The average molecular weight is 660 g/mol. The van der Waals surface area contributed by atoms with Gasteiger partial charge in [-0.2, -0.15) is 0 Å². The van der Waals surface area contributed by atoms with Crippen molar-refractivity contribution in [3.63, 3.8) is 0 Å². The number of allylic oxidation sites excluding steroid dienone is 6. The number of esters is 2. The fourth-order valence-electron chi connectivity index (χ4n) is 5.53. The van der Waals surface area contributed by atoms with Gasteiger partial charge in [0.2, 0.25) is 0 Å². The Kier molecular flexibility index (Phi) is 35.5. The maximum Gasteiger partial charge on any atom is 0.320 e. The summed E-state index contributed by atoms with van der Waals surface area (Å²) in [7, 11) is 3.90. The number of hydrogen-bond donors (Lipinski definition) is 0. The molecule has 0 saturated heterocycles. The van der Waals surface area contributed by atoms with E-state index in [1.54, 1.807) is 0 Å². The standard InChI is InChI=1S/C42H77NO4/c1-5-7-9-11-13-15-17-19-21-23-25-27-29-31-33-35-39-47-42(45)40(36-37-43(3)4)41(44)46-38-34-32-30-28-26-24-22-20-18-16-14-12-10-8-6-2/h13,15,18-21,40H,5-12,14,16-17,22-39H2,1-4H3/b15-13-,20-18-,21-19-. The third-order valence-corrected chi connectivity index (χ3v) is 8.67. The van der Waals surface area contributed by atoms with E-state index in [9.17, 15) is 9.59 Å². The van der Waals surface area contributed by atoms with Crippen LogP contribution in [0.5, 0.6) is 0 Å². The van der Waals surface area contributed by atoms with Crippen molar-refractivity contribution in [1.82, 2.24) is 4.90 Å². The lowest BCUT2D eigenvalue weighted by Crippen LogP contribution is -2.31. The molecule has 0 aliphatic heterocycles. The first-order chi connectivity index (χ1) is 23.0. The van der Waals surface area contributed by atoms with Crippen LogP contribution in [0.3, 0.4) is 0 Å². The largest absolute Gasteiger partial charge is 0.465 e. The van der Waals surface area contributed by atoms with E-state index in [0.29, 0.717) is 26.2 Å². The molecule has 0 aromatic carbocycles. The van der Waals surface area contributed by atoms with Gasteiger partial charge in [0.15, 0.2) is 5.92 Å². The van der Waals surface area contributed by atoms with Crippen molar-refractivity contribution in [2.75, 3.05) is 33.9 Å². The zero-order chi connectivity index (χ0) is 34.5. The smallest absolute Gasteiger partial charge is 0.320 e. The molecule has 0 aromatic rings. The summed E-state index contributed by atoms with van der Waals surface area (Å²) in [6.07, 6.45) is 44.4. The van der Waals surface area contributed by atoms with Gasteiger partial charge in [-0.1, -0.05) is 140 Å². The van der Waals surface area contributed by atoms with Crippen molar-refractivity contribution < 1.29 is 19.1 Å². The highest BCUT2D eigenvalue weighted by Crippen LogP contribution is 2.14. The number of ether oxygens (including phenoxy) is 2. The van der Waals surface area contributed by atoms with Crippen molar-refractivity contribution in [3.05, 3.63) is 36.5 Å². The van der Waals surface area contributed by atoms with Crippen LogP contribution in [0.15, 0.2) is 36.5 Å². The Bertz CT molecular complexity index is 773. The molecule has 0 bridgehead atoms. The maximum atomic E-state index is 12.8. The van der Waals surface area contributed by atoms with Gasteiger partial charge in [0, 0.05) is 0 Å². The predicted octanol–water partition coefficient (Wildman–Crippen LogP) is 12.1. The van der Waals surface area contributed by atoms with Crippen molar-refractivity contribution in [3.8, 4) is 0 Å². The molecule has 5 nitrogen and oxygen atoms in total. The molecule has 5 heteroatoms. The Balaban J connectivity index is 3.90. The lowest BCUT2D eigenvalue weighted by atomic mass is 10.1. The molecular formula is C42H77NO4. The summed E-state index contributed by atoms with van der Waals surface area (Å²) < 4.78 is 11.1. The molecule has 0 radical (unpaired) electrons. The van der Waals surface area contributed by atoms with Crippen molar-refractivity contribution in [2.45, 2.75) is 181 Å². The van der Waals surface area contributed by atoms with E-state index >= 15 is 0 Å². The fraction of sp³-hybridized carbons (Fsp3) is 0.810. The van der Waals surface area contributed by atoms with E-state index in [0.717, 1.165) is 44.9 Å². The number of carbonyl (C=O) groups excluding carboxylic acids is 2. The Labute approximate surface area is 292 Å². The highest BCUT2D eigenvalue weighted by Gasteiger charge is 2.29. The first-order valence-corrected chi connectivity index (χ1v) is 20.0. The van der Waals surface area contributed by atoms with Gasteiger partial charge in [-0.05, 0) is 97.7 Å². The van der Waals surface area contributed by atoms with Crippen LogP contribution < -0.4 is 0 Å². The van der Waals surface area contributed by atoms with Gasteiger partial charge in [-0.3, -0.25) is 9.59 Å². The molecule has 0 rings (SSSR count). The van der Waals surface area contributed by atoms with Crippen molar-refractivity contribution in [1.29, 1.82) is 0 Å². The summed E-state index contributed by atoms with van der Waals surface area (Å²) >= 11 is 0. The zero-order valence-corrected chi connectivity index (χ0v) is 31.6. The predicted molar refractivity (Wildman–Crippen MR) is 203 cm³/mol. The molecule has 0 heterocycles. The van der Waals surface area contributed by atoms with E-state index in [1.807, 2.05) is 19.0 Å². The number of nitrogens with zero attached hydrogens (tertiary/aromatic N) is 1. The molecule has 0 spiro atoms. The summed E-state index contributed by atoms with van der Waals surface area (Å²) in [6.45, 7) is 5.92. The van der Waals surface area contributed by atoms with Crippen LogP contribution in [0.25, 0.3) is 0 Å². The van der Waals surface area contributed by atoms with E-state index in [2.05, 4.69) is 50.3 Å². The maximum absolute atomic E-state index is 12.8. The summed E-state index contributed by atoms with van der Waals surface area (Å²) in [6, 6.07) is 0. The molecule has 1 unspecified atom stereocenters. The Morgan fingerprint density at radius 2 is 0.830 bits per heavy atom. The minimum atomic E-state index is -0.827. The van der Waals surface area contributed by atoms with Crippen LogP contribution in [0, 0.1) is 5.92 Å². The van der Waals surface area contributed by atoms with Crippen molar-refractivity contribution in [2.24, 2.45) is 5.92 Å². The molecule has 274 valence electrons. The van der Waals surface area contributed by atoms with E-state index < -0.39 is 17.9 Å². The Morgan fingerprint density at radius 1 is 0.489 bits per heavy atom. The van der Waals surface area contributed by atoms with Crippen LogP contribution in [0.4, 0.5) is 0 Å². The third kappa shape index (κ3) is 33.8. The molecule has 0 aromatic heterocycles. The first-order valence-electron chi connectivity index (χ1n) is 20.0. The van der Waals surface area contributed by atoms with E-state index in [1.165, 1.54) is 116 Å². The van der Waals surface area contributed by atoms with Gasteiger partial charge in [0.25, 0.3) is 0 Å². The highest BCUT2D eigenvalue weighted by atomic mass is 16.6. The van der Waals surface area contributed by atoms with Gasteiger partial charge >= 0.3 is 11.9 Å². The molecule has 0 fully saturated rings. The molecule has 0 N–H and O–H groups in total. The highest BCUT2D eigenvalue weighted by molar-refractivity contribution is 5.94. The van der Waals surface area contributed by atoms with Crippen LogP contribution in [-0.2, 0) is 19.1 Å². The Hall–Kier alpha value is -1.88. The lowest BCUT2D eigenvalue weighted by Gasteiger charge is -2.17. The lowest BCUT2D eigenvalue weighted by molar-refractivity contribution is -0.162. The molecule has 0 amide bonds. The second-order valence-corrected chi connectivity index (χ2v) is 13.6. The minimum absolute atomic E-state index is 0.383. The molecular weight excluding hydrogens is 582 g/mol. The number of rotatable bonds is 35. The molecule has 47 heavy (non-hydrogen) atoms. The van der Waals surface area contributed by atoms with Gasteiger partial charge in [-0.15, -0.1) is 0 Å². The van der Waals surface area contributed by atoms with Gasteiger partial charge in [0.1, 0.15) is 0 Å². The van der Waals surface area contributed by atoms with E-state index in [-0.39, 0.29) is 0 Å². The first kappa shape index (κ1) is 45.1. The third-order valence-electron chi connectivity index (χ3n) is 8.67. The normalized spacial score (nSPS) is 12.6. The zero-order valence-electron chi connectivity index (χ0n) is 31.6. The molecule has 1 atom stereocenters. The van der Waals surface area contributed by atoms with Crippen LogP contribution in [0.2, 0.25) is 0 Å².